The van der Waals surface area contributed by atoms with Crippen LogP contribution in [0.1, 0.15) is 31.1 Å². The molecule has 0 heterocycles. The van der Waals surface area contributed by atoms with Gasteiger partial charge in [-0.05, 0) is 48.8 Å². The first-order valence-corrected chi connectivity index (χ1v) is 8.64. The Bertz CT molecular complexity index is 632. The maximum atomic E-state index is 12.4. The minimum atomic E-state index is -3.97. The second-order valence-corrected chi connectivity index (χ2v) is 7.23. The molecule has 0 aliphatic rings. The standard InChI is InChI=1S/C12H16BrClN2O3S/c1-4-16(7(2)3)12(17)8-5-9(14)11(13)10(6-8)20(15,18)19/h5-7H,4H2,1-3H3,(H2,15,18,19). The number of primary sulfonamides is 1. The molecule has 0 radical (unpaired) electrons. The number of halogens is 2. The van der Waals surface area contributed by atoms with Crippen LogP contribution in [0, 0.1) is 0 Å². The van der Waals surface area contributed by atoms with Crippen LogP contribution < -0.4 is 5.14 Å². The summed E-state index contributed by atoms with van der Waals surface area (Å²) in [4.78, 5) is 13.8. The summed E-state index contributed by atoms with van der Waals surface area (Å²) in [6, 6.07) is 2.65. The summed E-state index contributed by atoms with van der Waals surface area (Å²) in [5, 5.41) is 5.25. The number of nitrogens with two attached hydrogens (primary N) is 1. The molecule has 2 N–H and O–H groups in total. The molecule has 0 fully saturated rings. The zero-order chi connectivity index (χ0) is 15.7. The van der Waals surface area contributed by atoms with Gasteiger partial charge in [0.1, 0.15) is 0 Å². The Kier molecular flexibility index (Phi) is 5.60. The van der Waals surface area contributed by atoms with Crippen LogP contribution in [0.25, 0.3) is 0 Å². The number of carbonyl (C=O) groups is 1. The van der Waals surface area contributed by atoms with Gasteiger partial charge < -0.3 is 4.90 Å². The molecule has 0 unspecified atom stereocenters. The molecule has 0 atom stereocenters. The zero-order valence-corrected chi connectivity index (χ0v) is 14.5. The Morgan fingerprint density at radius 2 is 2.00 bits per heavy atom. The molecule has 0 aromatic heterocycles. The van der Waals surface area contributed by atoms with E-state index in [1.165, 1.54) is 12.1 Å². The Morgan fingerprint density at radius 1 is 1.45 bits per heavy atom. The van der Waals surface area contributed by atoms with E-state index in [4.69, 9.17) is 16.7 Å². The number of hydrogen-bond donors (Lipinski definition) is 1. The Labute approximate surface area is 132 Å². The molecule has 0 saturated carbocycles. The van der Waals surface area contributed by atoms with E-state index in [-0.39, 0.29) is 31.9 Å². The van der Waals surface area contributed by atoms with E-state index in [9.17, 15) is 13.2 Å². The van der Waals surface area contributed by atoms with Crippen LogP contribution in [0.2, 0.25) is 5.02 Å². The third kappa shape index (κ3) is 3.72. The van der Waals surface area contributed by atoms with Gasteiger partial charge in [-0.25, -0.2) is 13.6 Å². The number of hydrogen-bond acceptors (Lipinski definition) is 3. The molecule has 0 aliphatic heterocycles. The van der Waals surface area contributed by atoms with Crippen LogP contribution in [-0.4, -0.2) is 31.8 Å². The van der Waals surface area contributed by atoms with Gasteiger partial charge in [0.15, 0.2) is 0 Å². The van der Waals surface area contributed by atoms with Gasteiger partial charge >= 0.3 is 0 Å². The quantitative estimate of drug-likeness (QED) is 0.868. The van der Waals surface area contributed by atoms with Crippen molar-refractivity contribution in [3.63, 3.8) is 0 Å². The van der Waals surface area contributed by atoms with Crippen molar-refractivity contribution in [2.45, 2.75) is 31.7 Å². The van der Waals surface area contributed by atoms with Gasteiger partial charge in [-0.2, -0.15) is 0 Å². The van der Waals surface area contributed by atoms with Crippen LogP contribution in [0.5, 0.6) is 0 Å². The highest BCUT2D eigenvalue weighted by molar-refractivity contribution is 9.10. The fourth-order valence-electron chi connectivity index (χ4n) is 1.80. The highest BCUT2D eigenvalue weighted by Crippen LogP contribution is 2.31. The van der Waals surface area contributed by atoms with E-state index in [0.29, 0.717) is 6.54 Å². The van der Waals surface area contributed by atoms with Crippen molar-refractivity contribution in [3.8, 4) is 0 Å². The molecule has 1 aromatic rings. The van der Waals surface area contributed by atoms with E-state index in [1.807, 2.05) is 20.8 Å². The number of amides is 1. The first kappa shape index (κ1) is 17.4. The Morgan fingerprint density at radius 3 is 2.40 bits per heavy atom. The van der Waals surface area contributed by atoms with Crippen LogP contribution in [-0.2, 0) is 10.0 Å². The minimum Gasteiger partial charge on any atom is -0.337 e. The fraction of sp³-hybridized carbons (Fsp3) is 0.417. The summed E-state index contributed by atoms with van der Waals surface area (Å²) in [5.41, 5.74) is 0.192. The first-order chi connectivity index (χ1) is 9.09. The number of rotatable bonds is 4. The van der Waals surface area contributed by atoms with Crippen LogP contribution in [0.4, 0.5) is 0 Å². The summed E-state index contributed by atoms with van der Waals surface area (Å²) in [5.74, 6) is -0.290. The molecule has 5 nitrogen and oxygen atoms in total. The van der Waals surface area contributed by atoms with Crippen molar-refractivity contribution in [1.29, 1.82) is 0 Å². The SMILES string of the molecule is CCN(C(=O)c1cc(Cl)c(Br)c(S(N)(=O)=O)c1)C(C)C. The normalized spacial score (nSPS) is 11.8. The van der Waals surface area contributed by atoms with Crippen molar-refractivity contribution in [3.05, 3.63) is 27.2 Å². The van der Waals surface area contributed by atoms with Gasteiger partial charge in [-0.15, -0.1) is 0 Å². The second kappa shape index (κ2) is 6.43. The number of benzene rings is 1. The third-order valence-corrected chi connectivity index (χ3v) is 5.35. The van der Waals surface area contributed by atoms with Gasteiger partial charge in [-0.3, -0.25) is 4.79 Å². The van der Waals surface area contributed by atoms with E-state index in [1.54, 1.807) is 4.90 Å². The minimum absolute atomic E-state index is 0.00661. The van der Waals surface area contributed by atoms with Gasteiger partial charge in [0.25, 0.3) is 5.91 Å². The summed E-state index contributed by atoms with van der Waals surface area (Å²) in [6.07, 6.45) is 0. The van der Waals surface area contributed by atoms with Crippen molar-refractivity contribution < 1.29 is 13.2 Å². The maximum absolute atomic E-state index is 12.4. The van der Waals surface area contributed by atoms with Crippen molar-refractivity contribution >= 4 is 43.5 Å². The van der Waals surface area contributed by atoms with E-state index < -0.39 is 10.0 Å². The predicted molar refractivity (Wildman–Crippen MR) is 82.4 cm³/mol. The molecule has 20 heavy (non-hydrogen) atoms. The molecule has 0 spiro atoms. The highest BCUT2D eigenvalue weighted by atomic mass is 79.9. The molecule has 1 aromatic carbocycles. The number of nitrogens with zero attached hydrogens (tertiary/aromatic N) is 1. The van der Waals surface area contributed by atoms with E-state index >= 15 is 0 Å². The topological polar surface area (TPSA) is 80.5 Å². The van der Waals surface area contributed by atoms with Crippen LogP contribution in [0.3, 0.4) is 0 Å². The van der Waals surface area contributed by atoms with Crippen molar-refractivity contribution in [2.24, 2.45) is 5.14 Å². The van der Waals surface area contributed by atoms with Crippen LogP contribution >= 0.6 is 27.5 Å². The lowest BCUT2D eigenvalue weighted by Crippen LogP contribution is -2.36. The van der Waals surface area contributed by atoms with Crippen LogP contribution in [0.15, 0.2) is 21.5 Å². The monoisotopic (exact) mass is 382 g/mol. The molecule has 0 aliphatic carbocycles. The summed E-state index contributed by atoms with van der Waals surface area (Å²) < 4.78 is 23.2. The molecular formula is C12H16BrClN2O3S. The summed E-state index contributed by atoms with van der Waals surface area (Å²) >= 11 is 9.03. The molecule has 1 rings (SSSR count). The fourth-order valence-corrected chi connectivity index (χ4v) is 3.64. The van der Waals surface area contributed by atoms with Crippen molar-refractivity contribution in [1.82, 2.24) is 4.90 Å². The van der Waals surface area contributed by atoms with Gasteiger partial charge in [0.2, 0.25) is 10.0 Å². The van der Waals surface area contributed by atoms with Gasteiger partial charge in [-0.1, -0.05) is 11.6 Å². The zero-order valence-electron chi connectivity index (χ0n) is 11.4. The maximum Gasteiger partial charge on any atom is 0.254 e. The Hall–Kier alpha value is -0.630. The average molecular weight is 384 g/mol. The van der Waals surface area contributed by atoms with Gasteiger partial charge in [0, 0.05) is 18.2 Å². The largest absolute Gasteiger partial charge is 0.337 e. The second-order valence-electron chi connectivity index (χ2n) is 4.50. The summed E-state index contributed by atoms with van der Waals surface area (Å²) in [6.45, 7) is 6.11. The smallest absolute Gasteiger partial charge is 0.254 e. The lowest BCUT2D eigenvalue weighted by atomic mass is 10.1. The molecule has 112 valence electrons. The van der Waals surface area contributed by atoms with E-state index in [2.05, 4.69) is 15.9 Å². The molecule has 8 heteroatoms. The lowest BCUT2D eigenvalue weighted by molar-refractivity contribution is 0.0716. The predicted octanol–water partition coefficient (Wildman–Crippen LogP) is 2.62. The molecule has 0 saturated heterocycles. The van der Waals surface area contributed by atoms with Gasteiger partial charge in [0.05, 0.1) is 14.4 Å². The summed E-state index contributed by atoms with van der Waals surface area (Å²) in [7, 11) is -3.97. The molecule has 0 bridgehead atoms. The third-order valence-electron chi connectivity index (χ3n) is 2.77. The first-order valence-electron chi connectivity index (χ1n) is 5.92. The average Bonchev–Trinajstić information content (AvgIpc) is 2.31. The Balaban J connectivity index is 3.42. The molecule has 1 amide bonds. The highest BCUT2D eigenvalue weighted by Gasteiger charge is 2.22. The lowest BCUT2D eigenvalue weighted by Gasteiger charge is -2.25. The number of sulfonamides is 1. The number of carbonyl (C=O) groups excluding carboxylic acids is 1. The van der Waals surface area contributed by atoms with Crippen molar-refractivity contribution in [2.75, 3.05) is 6.54 Å². The van der Waals surface area contributed by atoms with E-state index in [0.717, 1.165) is 0 Å². The molecular weight excluding hydrogens is 368 g/mol.